The first kappa shape index (κ1) is 20.6. The number of carboxylic acid groups (broad SMARTS) is 1. The molecule has 0 aliphatic carbocycles. The maximum atomic E-state index is 12.4. The fourth-order valence-corrected chi connectivity index (χ4v) is 4.69. The summed E-state index contributed by atoms with van der Waals surface area (Å²) in [5.74, 6) is -1.31. The first-order valence-electron chi connectivity index (χ1n) is 8.21. The number of hydrogen-bond donors (Lipinski definition) is 1. The van der Waals surface area contributed by atoms with Crippen molar-refractivity contribution in [1.82, 2.24) is 4.98 Å². The van der Waals surface area contributed by atoms with E-state index in [0.717, 1.165) is 0 Å². The molecule has 2 aromatic carbocycles. The normalized spacial score (nSPS) is 11.2. The Morgan fingerprint density at radius 1 is 1.17 bits per heavy atom. The maximum absolute atomic E-state index is 12.4. The monoisotopic (exact) mass is 466 g/mol. The van der Waals surface area contributed by atoms with Crippen molar-refractivity contribution in [2.45, 2.75) is 20.2 Å². The summed E-state index contributed by atoms with van der Waals surface area (Å²) >= 11 is -0.475. The van der Waals surface area contributed by atoms with Crippen LogP contribution in [0, 0.1) is 25.2 Å². The van der Waals surface area contributed by atoms with Gasteiger partial charge in [-0.05, 0) is 0 Å². The SMILES string of the molecule is Cc1cc(-c2ccc(-c3nc(C)c(C(=O)O)[se]3)cc2C#N)ccc1OC(F)(F)F. The number of ether oxygens (including phenoxy) is 1. The molecule has 148 valence electrons. The fourth-order valence-electron chi connectivity index (χ4n) is 2.80. The van der Waals surface area contributed by atoms with E-state index >= 15 is 0 Å². The van der Waals surface area contributed by atoms with Crippen molar-refractivity contribution in [2.75, 3.05) is 0 Å². The summed E-state index contributed by atoms with van der Waals surface area (Å²) in [4.78, 5) is 15.6. The molecule has 5 nitrogen and oxygen atoms in total. The number of aryl methyl sites for hydroxylation is 2. The number of carboxylic acids is 1. The Morgan fingerprint density at radius 2 is 1.86 bits per heavy atom. The molecule has 1 aromatic heterocycles. The van der Waals surface area contributed by atoms with Gasteiger partial charge >= 0.3 is 169 Å². The van der Waals surface area contributed by atoms with E-state index in [1.807, 2.05) is 0 Å². The van der Waals surface area contributed by atoms with Crippen LogP contribution in [0.3, 0.4) is 0 Å². The topological polar surface area (TPSA) is 83.2 Å². The van der Waals surface area contributed by atoms with Gasteiger partial charge in [0.15, 0.2) is 0 Å². The number of aromatic nitrogens is 1. The summed E-state index contributed by atoms with van der Waals surface area (Å²) < 4.78 is 42.2. The van der Waals surface area contributed by atoms with E-state index in [1.54, 1.807) is 25.1 Å². The molecule has 3 rings (SSSR count). The molecule has 0 saturated heterocycles. The molecule has 0 atom stereocenters. The van der Waals surface area contributed by atoms with Gasteiger partial charge in [-0.3, -0.25) is 0 Å². The van der Waals surface area contributed by atoms with Crippen molar-refractivity contribution < 1.29 is 27.8 Å². The predicted molar refractivity (Wildman–Crippen MR) is 99.9 cm³/mol. The van der Waals surface area contributed by atoms with Crippen molar-refractivity contribution in [3.63, 3.8) is 0 Å². The van der Waals surface area contributed by atoms with Crippen LogP contribution in [0.4, 0.5) is 13.2 Å². The van der Waals surface area contributed by atoms with E-state index < -0.39 is 26.8 Å². The second-order valence-electron chi connectivity index (χ2n) is 6.14. The molecule has 3 aromatic rings. The number of benzene rings is 2. The van der Waals surface area contributed by atoms with Gasteiger partial charge in [-0.25, -0.2) is 0 Å². The Balaban J connectivity index is 2.00. The molecule has 0 spiro atoms. The van der Waals surface area contributed by atoms with Gasteiger partial charge in [0.2, 0.25) is 0 Å². The van der Waals surface area contributed by atoms with Crippen LogP contribution in [0.15, 0.2) is 36.4 Å². The van der Waals surface area contributed by atoms with Crippen molar-refractivity contribution in [3.8, 4) is 33.1 Å². The molecule has 0 aliphatic rings. The Labute approximate surface area is 169 Å². The molecule has 1 N–H and O–H groups in total. The molecule has 0 bridgehead atoms. The second kappa shape index (κ2) is 7.74. The van der Waals surface area contributed by atoms with Crippen molar-refractivity contribution in [3.05, 3.63) is 57.7 Å². The molecule has 0 aliphatic heterocycles. The van der Waals surface area contributed by atoms with Crippen LogP contribution >= 0.6 is 0 Å². The molecule has 1 heterocycles. The molecular weight excluding hydrogens is 452 g/mol. The first-order valence-corrected chi connectivity index (χ1v) is 9.92. The first-order chi connectivity index (χ1) is 13.6. The van der Waals surface area contributed by atoms with Crippen LogP contribution in [-0.4, -0.2) is 36.9 Å². The molecule has 9 heteroatoms. The van der Waals surface area contributed by atoms with E-state index in [9.17, 15) is 28.3 Å². The molecule has 29 heavy (non-hydrogen) atoms. The average Bonchev–Trinajstić information content (AvgIpc) is 3.04. The number of rotatable bonds is 4. The van der Waals surface area contributed by atoms with Gasteiger partial charge in [0, 0.05) is 0 Å². The third-order valence-corrected chi connectivity index (χ3v) is 6.60. The number of halogens is 3. The third kappa shape index (κ3) is 4.50. The molecule has 0 amide bonds. The Morgan fingerprint density at radius 3 is 2.41 bits per heavy atom. The van der Waals surface area contributed by atoms with Gasteiger partial charge < -0.3 is 0 Å². The van der Waals surface area contributed by atoms with Crippen molar-refractivity contribution in [2.24, 2.45) is 0 Å². The van der Waals surface area contributed by atoms with E-state index in [4.69, 9.17) is 0 Å². The fraction of sp³-hybridized carbons (Fsp3) is 0.150. The van der Waals surface area contributed by atoms with Crippen LogP contribution < -0.4 is 4.74 Å². The second-order valence-corrected chi connectivity index (χ2v) is 8.24. The summed E-state index contributed by atoms with van der Waals surface area (Å²) in [6, 6.07) is 11.3. The van der Waals surface area contributed by atoms with Crippen LogP contribution in [-0.2, 0) is 0 Å². The third-order valence-electron chi connectivity index (χ3n) is 4.09. The zero-order valence-corrected chi connectivity index (χ0v) is 16.9. The summed E-state index contributed by atoms with van der Waals surface area (Å²) in [7, 11) is 0. The standard InChI is InChI=1S/C20H13F3N2O3Se/c1-10-7-12(4-6-16(10)28-20(21,22)23)15-5-3-13(8-14(15)9-24)18-25-11(2)17(29-18)19(26)27/h3-8H,1-2H3,(H,26,27). The van der Waals surface area contributed by atoms with E-state index in [2.05, 4.69) is 15.8 Å². The molecule has 0 unspecified atom stereocenters. The number of alkyl halides is 3. The van der Waals surface area contributed by atoms with Gasteiger partial charge in [0.25, 0.3) is 0 Å². The van der Waals surface area contributed by atoms with Gasteiger partial charge in [-0.15, -0.1) is 0 Å². The Kier molecular flexibility index (Phi) is 5.51. The molecular formula is C20H13F3N2O3Se. The minimum atomic E-state index is -4.78. The number of carbonyl (C=O) groups is 1. The average molecular weight is 465 g/mol. The van der Waals surface area contributed by atoms with Crippen LogP contribution in [0.25, 0.3) is 21.3 Å². The number of aromatic carboxylic acids is 1. The van der Waals surface area contributed by atoms with Crippen LogP contribution in [0.2, 0.25) is 0 Å². The van der Waals surface area contributed by atoms with Gasteiger partial charge in [0.1, 0.15) is 0 Å². The molecule has 0 radical (unpaired) electrons. The van der Waals surface area contributed by atoms with E-state index in [-0.39, 0.29) is 15.8 Å². The zero-order valence-electron chi connectivity index (χ0n) is 15.2. The van der Waals surface area contributed by atoms with Crippen LogP contribution in [0.5, 0.6) is 5.75 Å². The van der Waals surface area contributed by atoms with Gasteiger partial charge in [-0.1, -0.05) is 0 Å². The number of hydrogen-bond acceptors (Lipinski definition) is 4. The number of nitriles is 1. The quantitative estimate of drug-likeness (QED) is 0.572. The molecule has 0 fully saturated rings. The van der Waals surface area contributed by atoms with Gasteiger partial charge in [-0.2, -0.15) is 0 Å². The van der Waals surface area contributed by atoms with Crippen LogP contribution in [0.1, 0.15) is 26.1 Å². The Bertz CT molecular complexity index is 1150. The summed E-state index contributed by atoms with van der Waals surface area (Å²) in [6.45, 7) is 3.12. The Hall–Kier alpha value is -3.08. The van der Waals surface area contributed by atoms with Gasteiger partial charge in [0.05, 0.1) is 0 Å². The number of nitrogens with zero attached hydrogens (tertiary/aromatic N) is 2. The minimum absolute atomic E-state index is 0.269. The predicted octanol–water partition coefficient (Wildman–Crippen LogP) is 4.56. The van der Waals surface area contributed by atoms with Crippen molar-refractivity contribution >= 4 is 20.5 Å². The summed E-state index contributed by atoms with van der Waals surface area (Å²) in [5, 5.41) is 18.8. The summed E-state index contributed by atoms with van der Waals surface area (Å²) in [6.07, 6.45) is -4.78. The van der Waals surface area contributed by atoms with E-state index in [1.165, 1.54) is 25.1 Å². The van der Waals surface area contributed by atoms with E-state index in [0.29, 0.717) is 32.5 Å². The zero-order chi connectivity index (χ0) is 21.3. The summed E-state index contributed by atoms with van der Waals surface area (Å²) in [5.41, 5.74) is 2.81. The molecule has 0 saturated carbocycles. The van der Waals surface area contributed by atoms with Crippen molar-refractivity contribution in [1.29, 1.82) is 5.26 Å².